The topological polar surface area (TPSA) is 81.8 Å². The Kier molecular flexibility index (Phi) is 6.39. The normalized spacial score (nSPS) is 19.6. The summed E-state index contributed by atoms with van der Waals surface area (Å²) in [6, 6.07) is 7.34. The lowest BCUT2D eigenvalue weighted by Crippen LogP contribution is -2.52. The fourth-order valence-electron chi connectivity index (χ4n) is 3.16. The van der Waals surface area contributed by atoms with E-state index in [1.165, 1.54) is 4.90 Å². The van der Waals surface area contributed by atoms with Crippen LogP contribution >= 0.6 is 12.4 Å². The number of benzene rings is 1. The van der Waals surface area contributed by atoms with Crippen molar-refractivity contribution in [2.45, 2.75) is 25.8 Å². The SMILES string of the molecule is CC1CNCCN1C(=O)CCC(=O)N1CC(=O)Nc2ccccc21.Cl. The largest absolute Gasteiger partial charge is 0.337 e. The Labute approximate surface area is 153 Å². The Morgan fingerprint density at radius 2 is 1.92 bits per heavy atom. The highest BCUT2D eigenvalue weighted by Gasteiger charge is 2.28. The van der Waals surface area contributed by atoms with Gasteiger partial charge in [-0.15, -0.1) is 12.4 Å². The number of nitrogens with zero attached hydrogens (tertiary/aromatic N) is 2. The van der Waals surface area contributed by atoms with Crippen molar-refractivity contribution in [1.82, 2.24) is 10.2 Å². The van der Waals surface area contributed by atoms with Crippen LogP contribution in [0.3, 0.4) is 0 Å². The van der Waals surface area contributed by atoms with Gasteiger partial charge in [-0.05, 0) is 19.1 Å². The van der Waals surface area contributed by atoms with Crippen LogP contribution in [0.4, 0.5) is 11.4 Å². The number of carbonyl (C=O) groups excluding carboxylic acids is 3. The summed E-state index contributed by atoms with van der Waals surface area (Å²) in [7, 11) is 0. The van der Waals surface area contributed by atoms with Gasteiger partial charge in [0.2, 0.25) is 17.7 Å². The molecule has 2 aliphatic heterocycles. The highest BCUT2D eigenvalue weighted by atomic mass is 35.5. The van der Waals surface area contributed by atoms with E-state index in [-0.39, 0.29) is 55.6 Å². The molecule has 1 aromatic rings. The van der Waals surface area contributed by atoms with Crippen LogP contribution in [0.2, 0.25) is 0 Å². The average Bonchev–Trinajstić information content (AvgIpc) is 2.59. The Balaban J connectivity index is 0.00000225. The van der Waals surface area contributed by atoms with Gasteiger partial charge >= 0.3 is 0 Å². The molecule has 1 aromatic carbocycles. The number of piperazine rings is 1. The van der Waals surface area contributed by atoms with E-state index in [1.807, 2.05) is 24.0 Å². The van der Waals surface area contributed by atoms with Crippen molar-refractivity contribution in [2.75, 3.05) is 36.4 Å². The standard InChI is InChI=1S/C17H22N4O3.ClH/c1-12-10-18-8-9-20(12)16(23)6-7-17(24)21-11-15(22)19-13-4-2-3-5-14(13)21;/h2-5,12,18H,6-11H2,1H3,(H,19,22);1H. The van der Waals surface area contributed by atoms with Gasteiger partial charge in [-0.1, -0.05) is 12.1 Å². The van der Waals surface area contributed by atoms with E-state index in [0.29, 0.717) is 17.9 Å². The number of hydrogen-bond donors (Lipinski definition) is 2. The molecule has 3 amide bonds. The van der Waals surface area contributed by atoms with Crippen LogP contribution in [-0.4, -0.2) is 54.8 Å². The second-order valence-electron chi connectivity index (χ2n) is 6.19. The van der Waals surface area contributed by atoms with Crippen molar-refractivity contribution in [3.63, 3.8) is 0 Å². The molecule has 1 unspecified atom stereocenters. The number of para-hydroxylation sites is 2. The Morgan fingerprint density at radius 3 is 2.68 bits per heavy atom. The lowest BCUT2D eigenvalue weighted by Gasteiger charge is -2.34. The predicted molar refractivity (Wildman–Crippen MR) is 98.0 cm³/mol. The summed E-state index contributed by atoms with van der Waals surface area (Å²) in [5.41, 5.74) is 1.31. The summed E-state index contributed by atoms with van der Waals surface area (Å²) in [6.45, 7) is 4.22. The minimum atomic E-state index is -0.218. The summed E-state index contributed by atoms with van der Waals surface area (Å²) >= 11 is 0. The van der Waals surface area contributed by atoms with Crippen LogP contribution in [0, 0.1) is 0 Å². The number of carbonyl (C=O) groups is 3. The predicted octanol–water partition coefficient (Wildman–Crippen LogP) is 0.994. The number of hydrogen-bond acceptors (Lipinski definition) is 4. The molecule has 2 N–H and O–H groups in total. The zero-order chi connectivity index (χ0) is 17.1. The number of anilines is 2. The van der Waals surface area contributed by atoms with Crippen LogP contribution in [0.25, 0.3) is 0 Å². The fraction of sp³-hybridized carbons (Fsp3) is 0.471. The van der Waals surface area contributed by atoms with E-state index in [4.69, 9.17) is 0 Å². The first kappa shape index (κ1) is 19.2. The van der Waals surface area contributed by atoms with Gasteiger partial charge in [0.05, 0.1) is 11.4 Å². The number of amides is 3. The second kappa shape index (κ2) is 8.31. The van der Waals surface area contributed by atoms with Gasteiger partial charge in [0, 0.05) is 38.5 Å². The Bertz CT molecular complexity index is 667. The van der Waals surface area contributed by atoms with Gasteiger partial charge in [0.1, 0.15) is 6.54 Å². The molecule has 0 spiro atoms. The van der Waals surface area contributed by atoms with Gasteiger partial charge in [0.25, 0.3) is 0 Å². The molecule has 25 heavy (non-hydrogen) atoms. The molecule has 0 saturated carbocycles. The molecule has 7 nitrogen and oxygen atoms in total. The molecule has 8 heteroatoms. The minimum Gasteiger partial charge on any atom is -0.337 e. The fourth-order valence-corrected chi connectivity index (χ4v) is 3.16. The monoisotopic (exact) mass is 366 g/mol. The van der Waals surface area contributed by atoms with Crippen LogP contribution in [0.1, 0.15) is 19.8 Å². The Hall–Kier alpha value is -2.12. The van der Waals surface area contributed by atoms with Crippen molar-refractivity contribution < 1.29 is 14.4 Å². The van der Waals surface area contributed by atoms with E-state index < -0.39 is 0 Å². The summed E-state index contributed by atoms with van der Waals surface area (Å²) in [5.74, 6) is -0.426. The third-order valence-electron chi connectivity index (χ3n) is 4.45. The zero-order valence-corrected chi connectivity index (χ0v) is 15.0. The lowest BCUT2D eigenvalue weighted by atomic mass is 10.1. The van der Waals surface area contributed by atoms with Gasteiger partial charge < -0.3 is 20.4 Å². The lowest BCUT2D eigenvalue weighted by molar-refractivity contribution is -0.135. The van der Waals surface area contributed by atoms with Crippen molar-refractivity contribution in [3.8, 4) is 0 Å². The van der Waals surface area contributed by atoms with Gasteiger partial charge in [-0.3, -0.25) is 14.4 Å². The first-order valence-corrected chi connectivity index (χ1v) is 8.25. The average molecular weight is 367 g/mol. The van der Waals surface area contributed by atoms with Crippen molar-refractivity contribution in [3.05, 3.63) is 24.3 Å². The van der Waals surface area contributed by atoms with Crippen LogP contribution in [0.5, 0.6) is 0 Å². The Morgan fingerprint density at radius 1 is 1.20 bits per heavy atom. The molecule has 0 radical (unpaired) electrons. The van der Waals surface area contributed by atoms with E-state index in [9.17, 15) is 14.4 Å². The second-order valence-corrected chi connectivity index (χ2v) is 6.19. The molecule has 1 atom stereocenters. The maximum atomic E-state index is 12.5. The zero-order valence-electron chi connectivity index (χ0n) is 14.2. The third-order valence-corrected chi connectivity index (χ3v) is 4.45. The quantitative estimate of drug-likeness (QED) is 0.836. The molecule has 1 fully saturated rings. The molecule has 1 saturated heterocycles. The summed E-state index contributed by atoms with van der Waals surface area (Å²) in [4.78, 5) is 40.0. The molecule has 0 bridgehead atoms. The molecule has 0 aromatic heterocycles. The first-order valence-electron chi connectivity index (χ1n) is 8.25. The maximum absolute atomic E-state index is 12.5. The minimum absolute atomic E-state index is 0. The molecule has 136 valence electrons. The highest BCUT2D eigenvalue weighted by molar-refractivity contribution is 6.10. The number of halogens is 1. The van der Waals surface area contributed by atoms with E-state index in [2.05, 4.69) is 10.6 Å². The third kappa shape index (κ3) is 4.29. The van der Waals surface area contributed by atoms with E-state index in [0.717, 1.165) is 13.1 Å². The summed E-state index contributed by atoms with van der Waals surface area (Å²) < 4.78 is 0. The maximum Gasteiger partial charge on any atom is 0.244 e. The smallest absolute Gasteiger partial charge is 0.244 e. The van der Waals surface area contributed by atoms with Crippen LogP contribution in [0.15, 0.2) is 24.3 Å². The number of rotatable bonds is 3. The van der Waals surface area contributed by atoms with Crippen molar-refractivity contribution >= 4 is 41.5 Å². The van der Waals surface area contributed by atoms with E-state index in [1.54, 1.807) is 12.1 Å². The number of fused-ring (bicyclic) bond motifs is 1. The first-order chi connectivity index (χ1) is 11.6. The molecule has 0 aliphatic carbocycles. The van der Waals surface area contributed by atoms with Gasteiger partial charge in [-0.2, -0.15) is 0 Å². The van der Waals surface area contributed by atoms with Gasteiger partial charge in [0.15, 0.2) is 0 Å². The summed E-state index contributed by atoms with van der Waals surface area (Å²) in [6.07, 6.45) is 0.278. The molecular weight excluding hydrogens is 344 g/mol. The molecule has 3 rings (SSSR count). The van der Waals surface area contributed by atoms with Gasteiger partial charge in [-0.25, -0.2) is 0 Å². The van der Waals surface area contributed by atoms with Crippen molar-refractivity contribution in [1.29, 1.82) is 0 Å². The molecule has 2 heterocycles. The number of nitrogens with one attached hydrogen (secondary N) is 2. The summed E-state index contributed by atoms with van der Waals surface area (Å²) in [5, 5.41) is 5.99. The molecule has 2 aliphatic rings. The molecular formula is C17H23ClN4O3. The highest BCUT2D eigenvalue weighted by Crippen LogP contribution is 2.29. The van der Waals surface area contributed by atoms with Crippen molar-refractivity contribution in [2.24, 2.45) is 0 Å². The van der Waals surface area contributed by atoms with Crippen LogP contribution < -0.4 is 15.5 Å². The van der Waals surface area contributed by atoms with Crippen LogP contribution in [-0.2, 0) is 14.4 Å². The van der Waals surface area contributed by atoms with E-state index >= 15 is 0 Å².